The van der Waals surface area contributed by atoms with Crippen molar-refractivity contribution in [3.63, 3.8) is 0 Å². The smallest absolute Gasteiger partial charge is 0.251 e. The van der Waals surface area contributed by atoms with Gasteiger partial charge in [-0.1, -0.05) is 24.3 Å². The van der Waals surface area contributed by atoms with Gasteiger partial charge in [0.1, 0.15) is 13.2 Å². The first-order chi connectivity index (χ1) is 14.3. The molecular weight excluding hydrogens is 384 g/mol. The van der Waals surface area contributed by atoms with E-state index in [4.69, 9.17) is 9.47 Å². The summed E-state index contributed by atoms with van der Waals surface area (Å²) in [5.41, 5.74) is 2.85. The van der Waals surface area contributed by atoms with E-state index in [-0.39, 0.29) is 11.8 Å². The van der Waals surface area contributed by atoms with Crippen LogP contribution in [0.25, 0.3) is 10.9 Å². The first-order valence-electron chi connectivity index (χ1n) is 9.57. The number of benzene rings is 2. The highest BCUT2D eigenvalue weighted by Gasteiger charge is 2.21. The standard InChI is InChI=1S/C23H20N2O3S/c26-23(15-7-8-20-21(12-15)28-10-9-27-20)25-14-18(22-6-3-11-29-22)17-13-24-19-5-2-1-4-16(17)19/h1-8,11-13,18,24H,9-10,14H2,(H,25,26)/t18-/m1/s1. The molecule has 0 fully saturated rings. The van der Waals surface area contributed by atoms with Crippen molar-refractivity contribution < 1.29 is 14.3 Å². The molecule has 146 valence electrons. The van der Waals surface area contributed by atoms with E-state index in [1.54, 1.807) is 29.5 Å². The van der Waals surface area contributed by atoms with Gasteiger partial charge in [0.25, 0.3) is 5.91 Å². The summed E-state index contributed by atoms with van der Waals surface area (Å²) in [7, 11) is 0. The maximum absolute atomic E-state index is 12.8. The van der Waals surface area contributed by atoms with Gasteiger partial charge in [-0.15, -0.1) is 11.3 Å². The molecular formula is C23H20N2O3S. The maximum atomic E-state index is 12.8. The molecule has 4 aromatic rings. The summed E-state index contributed by atoms with van der Waals surface area (Å²) >= 11 is 1.70. The molecule has 2 aromatic heterocycles. The lowest BCUT2D eigenvalue weighted by Gasteiger charge is -2.19. The lowest BCUT2D eigenvalue weighted by molar-refractivity contribution is 0.0951. The van der Waals surface area contributed by atoms with Crippen molar-refractivity contribution in [3.05, 3.63) is 82.2 Å². The predicted octanol–water partition coefficient (Wildman–Crippen LogP) is 4.56. The molecule has 1 aliphatic rings. The molecule has 0 spiro atoms. The molecule has 1 aliphatic heterocycles. The number of fused-ring (bicyclic) bond motifs is 2. The molecule has 0 saturated heterocycles. The van der Waals surface area contributed by atoms with E-state index in [0.717, 1.165) is 5.52 Å². The van der Waals surface area contributed by atoms with Crippen LogP contribution in [0.3, 0.4) is 0 Å². The number of hydrogen-bond donors (Lipinski definition) is 2. The van der Waals surface area contributed by atoms with Crippen LogP contribution in [0.4, 0.5) is 0 Å². The lowest BCUT2D eigenvalue weighted by Crippen LogP contribution is -2.28. The zero-order valence-electron chi connectivity index (χ0n) is 15.7. The van der Waals surface area contributed by atoms with Crippen LogP contribution in [0.2, 0.25) is 0 Å². The minimum absolute atomic E-state index is 0.0762. The molecule has 0 saturated carbocycles. The van der Waals surface area contributed by atoms with Gasteiger partial charge >= 0.3 is 0 Å². The number of rotatable bonds is 5. The summed E-state index contributed by atoms with van der Waals surface area (Å²) < 4.78 is 11.1. The summed E-state index contributed by atoms with van der Waals surface area (Å²) in [5, 5.41) is 6.35. The number of amides is 1. The Labute approximate surface area is 172 Å². The molecule has 1 atom stereocenters. The number of hydrogen-bond acceptors (Lipinski definition) is 4. The quantitative estimate of drug-likeness (QED) is 0.512. The van der Waals surface area contributed by atoms with E-state index < -0.39 is 0 Å². The molecule has 0 aliphatic carbocycles. The summed E-state index contributed by atoms with van der Waals surface area (Å²) in [6.45, 7) is 1.54. The second kappa shape index (κ2) is 7.64. The van der Waals surface area contributed by atoms with Gasteiger partial charge in [-0.2, -0.15) is 0 Å². The van der Waals surface area contributed by atoms with Crippen LogP contribution in [-0.4, -0.2) is 30.6 Å². The molecule has 6 heteroatoms. The zero-order chi connectivity index (χ0) is 19.6. The Morgan fingerprint density at radius 2 is 1.93 bits per heavy atom. The van der Waals surface area contributed by atoms with Gasteiger partial charge in [-0.25, -0.2) is 0 Å². The van der Waals surface area contributed by atoms with E-state index in [9.17, 15) is 4.79 Å². The first kappa shape index (κ1) is 17.8. The Bertz CT molecular complexity index is 1150. The second-order valence-electron chi connectivity index (χ2n) is 6.93. The van der Waals surface area contributed by atoms with Crippen molar-refractivity contribution in [3.8, 4) is 11.5 Å². The Hall–Kier alpha value is -3.25. The normalized spacial score (nSPS) is 13.9. The number of carbonyl (C=O) groups excluding carboxylic acids is 1. The van der Waals surface area contributed by atoms with Gasteiger partial charge < -0.3 is 19.8 Å². The van der Waals surface area contributed by atoms with Crippen molar-refractivity contribution >= 4 is 28.1 Å². The van der Waals surface area contributed by atoms with Gasteiger partial charge in [0, 0.05) is 40.0 Å². The number of aromatic nitrogens is 1. The highest BCUT2D eigenvalue weighted by atomic mass is 32.1. The molecule has 0 bridgehead atoms. The van der Waals surface area contributed by atoms with Crippen molar-refractivity contribution in [1.82, 2.24) is 10.3 Å². The van der Waals surface area contributed by atoms with Crippen LogP contribution in [0.15, 0.2) is 66.2 Å². The average molecular weight is 404 g/mol. The predicted molar refractivity (Wildman–Crippen MR) is 114 cm³/mol. The van der Waals surface area contributed by atoms with Crippen LogP contribution in [0.5, 0.6) is 11.5 Å². The van der Waals surface area contributed by atoms with Crippen molar-refractivity contribution in [1.29, 1.82) is 0 Å². The Morgan fingerprint density at radius 1 is 1.07 bits per heavy atom. The third-order valence-electron chi connectivity index (χ3n) is 5.15. The molecule has 2 aromatic carbocycles. The average Bonchev–Trinajstić information content (AvgIpc) is 3.44. The number of H-pyrrole nitrogens is 1. The van der Waals surface area contributed by atoms with E-state index >= 15 is 0 Å². The molecule has 0 unspecified atom stereocenters. The third kappa shape index (κ3) is 3.47. The molecule has 5 nitrogen and oxygen atoms in total. The highest BCUT2D eigenvalue weighted by Crippen LogP contribution is 2.33. The fourth-order valence-electron chi connectivity index (χ4n) is 3.72. The number of ether oxygens (including phenoxy) is 2. The van der Waals surface area contributed by atoms with Gasteiger partial charge in [-0.05, 0) is 41.3 Å². The molecule has 1 amide bonds. The Balaban J connectivity index is 1.39. The second-order valence-corrected chi connectivity index (χ2v) is 7.91. The Morgan fingerprint density at radius 3 is 2.79 bits per heavy atom. The summed E-state index contributed by atoms with van der Waals surface area (Å²) in [6.07, 6.45) is 2.05. The van der Waals surface area contributed by atoms with Gasteiger partial charge in [0.05, 0.1) is 0 Å². The first-order valence-corrected chi connectivity index (χ1v) is 10.4. The number of carbonyl (C=O) groups is 1. The number of thiophene rings is 1. The van der Waals surface area contributed by atoms with Crippen molar-refractivity contribution in [2.75, 3.05) is 19.8 Å². The lowest BCUT2D eigenvalue weighted by atomic mass is 9.96. The topological polar surface area (TPSA) is 63.4 Å². The molecule has 2 N–H and O–H groups in total. The SMILES string of the molecule is O=C(NC[C@@H](c1cccs1)c1c[nH]c2ccccc12)c1ccc2c(c1)OCCO2. The zero-order valence-corrected chi connectivity index (χ0v) is 16.5. The maximum Gasteiger partial charge on any atom is 0.251 e. The van der Waals surface area contributed by atoms with Crippen LogP contribution in [-0.2, 0) is 0 Å². The molecule has 3 heterocycles. The van der Waals surface area contributed by atoms with Gasteiger partial charge in [-0.3, -0.25) is 4.79 Å². The minimum Gasteiger partial charge on any atom is -0.486 e. The molecule has 29 heavy (non-hydrogen) atoms. The van der Waals surface area contributed by atoms with Crippen LogP contribution >= 0.6 is 11.3 Å². The van der Waals surface area contributed by atoms with E-state index in [1.807, 2.05) is 24.4 Å². The largest absolute Gasteiger partial charge is 0.486 e. The summed E-state index contributed by atoms with van der Waals surface area (Å²) in [5.74, 6) is 1.26. The monoisotopic (exact) mass is 404 g/mol. The third-order valence-corrected chi connectivity index (χ3v) is 6.14. The minimum atomic E-state index is -0.122. The number of nitrogens with one attached hydrogen (secondary N) is 2. The van der Waals surface area contributed by atoms with E-state index in [2.05, 4.69) is 33.9 Å². The molecule has 5 rings (SSSR count). The fraction of sp³-hybridized carbons (Fsp3) is 0.174. The van der Waals surface area contributed by atoms with Crippen LogP contribution < -0.4 is 14.8 Å². The van der Waals surface area contributed by atoms with E-state index in [0.29, 0.717) is 36.8 Å². The van der Waals surface area contributed by atoms with Crippen molar-refractivity contribution in [2.45, 2.75) is 5.92 Å². The van der Waals surface area contributed by atoms with E-state index in [1.165, 1.54) is 15.8 Å². The number of para-hydroxylation sites is 1. The van der Waals surface area contributed by atoms with Crippen LogP contribution in [0.1, 0.15) is 26.7 Å². The summed E-state index contributed by atoms with van der Waals surface area (Å²) in [4.78, 5) is 17.4. The number of aromatic amines is 1. The molecule has 0 radical (unpaired) electrons. The van der Waals surface area contributed by atoms with Crippen LogP contribution in [0, 0.1) is 0 Å². The van der Waals surface area contributed by atoms with Crippen molar-refractivity contribution in [2.24, 2.45) is 0 Å². The van der Waals surface area contributed by atoms with Gasteiger partial charge in [0.15, 0.2) is 11.5 Å². The van der Waals surface area contributed by atoms with Gasteiger partial charge in [0.2, 0.25) is 0 Å². The fourth-order valence-corrected chi connectivity index (χ4v) is 4.56. The Kier molecular flexibility index (Phi) is 4.69. The highest BCUT2D eigenvalue weighted by molar-refractivity contribution is 7.10. The summed E-state index contributed by atoms with van der Waals surface area (Å²) in [6, 6.07) is 17.7.